The SMILES string of the molecule is Cc1ccn(CCc2nc(N)cc(=O)[nH]2)c(=O)c1C(=O)O. The van der Waals surface area contributed by atoms with E-state index in [1.54, 1.807) is 13.0 Å². The second-order valence-corrected chi connectivity index (χ2v) is 4.54. The topological polar surface area (TPSA) is 131 Å². The predicted octanol–water partition coefficient (Wildman–Crippen LogP) is -0.237. The van der Waals surface area contributed by atoms with Crippen molar-refractivity contribution in [2.45, 2.75) is 19.9 Å². The van der Waals surface area contributed by atoms with E-state index in [4.69, 9.17) is 10.8 Å². The number of pyridine rings is 1. The van der Waals surface area contributed by atoms with E-state index < -0.39 is 11.5 Å². The minimum atomic E-state index is -1.26. The Morgan fingerprint density at radius 1 is 1.48 bits per heavy atom. The molecule has 0 aliphatic rings. The average molecular weight is 290 g/mol. The first-order chi connectivity index (χ1) is 9.88. The van der Waals surface area contributed by atoms with Crippen molar-refractivity contribution < 1.29 is 9.90 Å². The number of nitrogen functional groups attached to an aromatic ring is 1. The molecule has 0 spiro atoms. The van der Waals surface area contributed by atoms with Gasteiger partial charge in [0.2, 0.25) is 0 Å². The van der Waals surface area contributed by atoms with E-state index in [9.17, 15) is 14.4 Å². The number of aryl methyl sites for hydroxylation is 3. The highest BCUT2D eigenvalue weighted by Crippen LogP contribution is 2.03. The lowest BCUT2D eigenvalue weighted by molar-refractivity contribution is 0.0693. The fourth-order valence-electron chi connectivity index (χ4n) is 1.97. The molecule has 21 heavy (non-hydrogen) atoms. The first-order valence-corrected chi connectivity index (χ1v) is 6.17. The summed E-state index contributed by atoms with van der Waals surface area (Å²) in [5, 5.41) is 9.04. The summed E-state index contributed by atoms with van der Waals surface area (Å²) < 4.78 is 1.26. The van der Waals surface area contributed by atoms with Crippen molar-refractivity contribution in [2.24, 2.45) is 0 Å². The van der Waals surface area contributed by atoms with E-state index >= 15 is 0 Å². The lowest BCUT2D eigenvalue weighted by atomic mass is 10.1. The molecular weight excluding hydrogens is 276 g/mol. The highest BCUT2D eigenvalue weighted by atomic mass is 16.4. The third kappa shape index (κ3) is 3.16. The first-order valence-electron chi connectivity index (χ1n) is 6.17. The van der Waals surface area contributed by atoms with Gasteiger partial charge in [0.25, 0.3) is 11.1 Å². The molecule has 0 atom stereocenters. The molecule has 2 aromatic heterocycles. The van der Waals surface area contributed by atoms with Crippen LogP contribution in [0.5, 0.6) is 0 Å². The van der Waals surface area contributed by atoms with Crippen LogP contribution >= 0.6 is 0 Å². The molecule has 0 saturated carbocycles. The Balaban J connectivity index is 2.29. The van der Waals surface area contributed by atoms with Gasteiger partial charge in [-0.3, -0.25) is 9.59 Å². The largest absolute Gasteiger partial charge is 0.477 e. The van der Waals surface area contributed by atoms with Crippen molar-refractivity contribution in [3.8, 4) is 0 Å². The Kier molecular flexibility index (Phi) is 3.88. The smallest absolute Gasteiger partial charge is 0.341 e. The van der Waals surface area contributed by atoms with Gasteiger partial charge in [-0.1, -0.05) is 0 Å². The zero-order valence-electron chi connectivity index (χ0n) is 11.3. The van der Waals surface area contributed by atoms with Crippen LogP contribution in [0.3, 0.4) is 0 Å². The molecule has 0 saturated heterocycles. The Labute approximate surface area is 118 Å². The van der Waals surface area contributed by atoms with E-state index in [0.717, 1.165) is 6.07 Å². The van der Waals surface area contributed by atoms with Crippen LogP contribution in [0.25, 0.3) is 0 Å². The molecule has 2 rings (SSSR count). The van der Waals surface area contributed by atoms with Crippen LogP contribution in [0.1, 0.15) is 21.7 Å². The number of aromatic carboxylic acids is 1. The molecule has 0 bridgehead atoms. The van der Waals surface area contributed by atoms with Crippen LogP contribution < -0.4 is 16.9 Å². The number of aromatic nitrogens is 3. The number of aromatic amines is 1. The summed E-state index contributed by atoms with van der Waals surface area (Å²) in [5.74, 6) is -0.831. The Morgan fingerprint density at radius 2 is 2.19 bits per heavy atom. The van der Waals surface area contributed by atoms with Crippen LogP contribution in [0.2, 0.25) is 0 Å². The van der Waals surface area contributed by atoms with E-state index in [0.29, 0.717) is 11.4 Å². The van der Waals surface area contributed by atoms with Gasteiger partial charge < -0.3 is 20.4 Å². The first kappa shape index (κ1) is 14.5. The summed E-state index contributed by atoms with van der Waals surface area (Å²) in [6.07, 6.45) is 1.76. The molecule has 0 aromatic carbocycles. The van der Waals surface area contributed by atoms with Crippen molar-refractivity contribution in [3.05, 3.63) is 56.0 Å². The summed E-state index contributed by atoms with van der Waals surface area (Å²) in [6, 6.07) is 2.71. The van der Waals surface area contributed by atoms with Crippen molar-refractivity contribution in [1.82, 2.24) is 14.5 Å². The zero-order chi connectivity index (χ0) is 15.6. The van der Waals surface area contributed by atoms with Crippen molar-refractivity contribution in [2.75, 3.05) is 5.73 Å². The van der Waals surface area contributed by atoms with Crippen LogP contribution in [0.15, 0.2) is 27.9 Å². The lowest BCUT2D eigenvalue weighted by Gasteiger charge is -2.08. The maximum absolute atomic E-state index is 12.1. The minimum Gasteiger partial charge on any atom is -0.477 e. The van der Waals surface area contributed by atoms with Gasteiger partial charge in [-0.25, -0.2) is 9.78 Å². The van der Waals surface area contributed by atoms with Crippen LogP contribution in [0, 0.1) is 6.92 Å². The molecule has 0 amide bonds. The lowest BCUT2D eigenvalue weighted by Crippen LogP contribution is -2.28. The minimum absolute atomic E-state index is 0.0937. The molecular formula is C13H14N4O4. The molecule has 2 heterocycles. The molecule has 4 N–H and O–H groups in total. The second-order valence-electron chi connectivity index (χ2n) is 4.54. The number of nitrogens with zero attached hydrogens (tertiary/aromatic N) is 2. The molecule has 8 heteroatoms. The number of nitrogens with two attached hydrogens (primary N) is 1. The molecule has 0 aliphatic carbocycles. The summed E-state index contributed by atoms with van der Waals surface area (Å²) in [6.45, 7) is 1.75. The van der Waals surface area contributed by atoms with Crippen molar-refractivity contribution in [1.29, 1.82) is 0 Å². The zero-order valence-corrected chi connectivity index (χ0v) is 11.3. The van der Waals surface area contributed by atoms with Crippen LogP contribution in [-0.2, 0) is 13.0 Å². The van der Waals surface area contributed by atoms with Gasteiger partial charge in [0.05, 0.1) is 0 Å². The third-order valence-corrected chi connectivity index (χ3v) is 2.99. The van der Waals surface area contributed by atoms with Gasteiger partial charge in [0, 0.05) is 25.2 Å². The standard InChI is InChI=1S/C13H14N4O4/c1-7-2-4-17(12(19)11(7)13(20)21)5-3-9-15-8(14)6-10(18)16-9/h2,4,6H,3,5H2,1H3,(H,20,21)(H3,14,15,16,18). The number of hydrogen-bond donors (Lipinski definition) is 3. The number of anilines is 1. The number of H-pyrrole nitrogens is 1. The van der Waals surface area contributed by atoms with Crippen molar-refractivity contribution >= 4 is 11.8 Å². The van der Waals surface area contributed by atoms with E-state index in [1.165, 1.54) is 10.8 Å². The van der Waals surface area contributed by atoms with Gasteiger partial charge in [0.1, 0.15) is 17.2 Å². The fraction of sp³-hybridized carbons (Fsp3) is 0.231. The Morgan fingerprint density at radius 3 is 2.81 bits per heavy atom. The van der Waals surface area contributed by atoms with Crippen molar-refractivity contribution in [3.63, 3.8) is 0 Å². The predicted molar refractivity (Wildman–Crippen MR) is 75.4 cm³/mol. The van der Waals surface area contributed by atoms with Gasteiger partial charge >= 0.3 is 5.97 Å². The fourth-order valence-corrected chi connectivity index (χ4v) is 1.97. The number of nitrogens with one attached hydrogen (secondary N) is 1. The average Bonchev–Trinajstić information content (AvgIpc) is 2.36. The maximum atomic E-state index is 12.1. The molecule has 110 valence electrons. The summed E-state index contributed by atoms with van der Waals surface area (Å²) >= 11 is 0. The molecule has 2 aromatic rings. The van der Waals surface area contributed by atoms with Crippen LogP contribution in [-0.4, -0.2) is 25.6 Å². The van der Waals surface area contributed by atoms with Gasteiger partial charge in [-0.15, -0.1) is 0 Å². The monoisotopic (exact) mass is 290 g/mol. The molecule has 0 radical (unpaired) electrons. The number of carboxylic acid groups (broad SMARTS) is 1. The molecule has 0 fully saturated rings. The molecule has 8 nitrogen and oxygen atoms in total. The second kappa shape index (κ2) is 5.61. The third-order valence-electron chi connectivity index (χ3n) is 2.99. The number of carboxylic acids is 1. The molecule has 0 aliphatic heterocycles. The summed E-state index contributed by atoms with van der Waals surface area (Å²) in [4.78, 5) is 40.8. The summed E-state index contributed by atoms with van der Waals surface area (Å²) in [7, 11) is 0. The van der Waals surface area contributed by atoms with Crippen LogP contribution in [0.4, 0.5) is 5.82 Å². The number of hydrogen-bond acceptors (Lipinski definition) is 5. The normalized spacial score (nSPS) is 10.5. The van der Waals surface area contributed by atoms with E-state index in [-0.39, 0.29) is 29.9 Å². The maximum Gasteiger partial charge on any atom is 0.341 e. The molecule has 0 unspecified atom stereocenters. The quantitative estimate of drug-likeness (QED) is 0.712. The van der Waals surface area contributed by atoms with Gasteiger partial charge in [0.15, 0.2) is 0 Å². The number of rotatable bonds is 4. The van der Waals surface area contributed by atoms with E-state index in [1.807, 2.05) is 0 Å². The highest BCUT2D eigenvalue weighted by Gasteiger charge is 2.14. The number of carbonyl (C=O) groups is 1. The van der Waals surface area contributed by atoms with E-state index in [2.05, 4.69) is 9.97 Å². The van der Waals surface area contributed by atoms with Gasteiger partial charge in [-0.05, 0) is 18.6 Å². The Bertz CT molecular complexity index is 807. The highest BCUT2D eigenvalue weighted by molar-refractivity contribution is 5.88. The Hall–Kier alpha value is -2.90. The van der Waals surface area contributed by atoms with Gasteiger partial charge in [-0.2, -0.15) is 0 Å². The summed E-state index contributed by atoms with van der Waals surface area (Å²) in [5.41, 5.74) is 4.64.